The highest BCUT2D eigenvalue weighted by Crippen LogP contribution is 1.89. The predicted octanol–water partition coefficient (Wildman–Crippen LogP) is 0.925. The van der Waals surface area contributed by atoms with Crippen molar-refractivity contribution in [1.29, 1.82) is 0 Å². The molecule has 0 rings (SSSR count). The van der Waals surface area contributed by atoms with Crippen molar-refractivity contribution in [2.24, 2.45) is 0 Å². The van der Waals surface area contributed by atoms with E-state index in [0.29, 0.717) is 6.42 Å². The second-order valence-corrected chi connectivity index (χ2v) is 2.40. The summed E-state index contributed by atoms with van der Waals surface area (Å²) in [6.45, 7) is 1.60. The molecule has 0 aliphatic rings. The third kappa shape index (κ3) is 6.94. The van der Waals surface area contributed by atoms with Crippen LogP contribution in [0.3, 0.4) is 0 Å². The molecule has 0 aromatic rings. The fourth-order valence-electron chi connectivity index (χ4n) is 0.681. The van der Waals surface area contributed by atoms with E-state index in [0.717, 1.165) is 0 Å². The first-order valence-electron chi connectivity index (χ1n) is 4.18. The summed E-state index contributed by atoms with van der Waals surface area (Å²) in [4.78, 5) is 21.5. The lowest BCUT2D eigenvalue weighted by Gasteiger charge is -1.91. The normalized spacial score (nSPS) is 7.57. The van der Waals surface area contributed by atoms with Crippen molar-refractivity contribution in [2.75, 3.05) is 7.11 Å². The Morgan fingerprint density at radius 2 is 2.00 bits per heavy atom. The molecule has 0 bridgehead atoms. The lowest BCUT2D eigenvalue weighted by molar-refractivity contribution is -0.140. The largest absolute Gasteiger partial charge is 0.469 e. The molecule has 3 heteroatoms. The van der Waals surface area contributed by atoms with Crippen LogP contribution >= 0.6 is 0 Å². The van der Waals surface area contributed by atoms with Crippen molar-refractivity contribution in [3.8, 4) is 23.7 Å². The Morgan fingerprint density at radius 3 is 2.57 bits per heavy atom. The summed E-state index contributed by atoms with van der Waals surface area (Å²) in [5.41, 5.74) is 0. The number of Topliss-reactive ketones (excluding diaryl/α,β-unsaturated/α-hetero) is 1. The first kappa shape index (κ1) is 12.3. The molecule has 74 valence electrons. The lowest BCUT2D eigenvalue weighted by atomic mass is 10.2. The minimum atomic E-state index is -0.293. The van der Waals surface area contributed by atoms with Gasteiger partial charge in [-0.3, -0.25) is 9.59 Å². The monoisotopic (exact) mass is 192 g/mol. The summed E-state index contributed by atoms with van der Waals surface area (Å²) in [5, 5.41) is 0. The number of rotatable bonds is 3. The van der Waals surface area contributed by atoms with Crippen molar-refractivity contribution in [3.63, 3.8) is 0 Å². The molecule has 0 spiro atoms. The van der Waals surface area contributed by atoms with Crippen LogP contribution in [0.25, 0.3) is 0 Å². The molecular weight excluding hydrogens is 180 g/mol. The van der Waals surface area contributed by atoms with Gasteiger partial charge in [0.2, 0.25) is 5.78 Å². The maximum absolute atomic E-state index is 10.8. The lowest BCUT2D eigenvalue weighted by Crippen LogP contribution is -1.98. The van der Waals surface area contributed by atoms with E-state index in [2.05, 4.69) is 28.4 Å². The zero-order chi connectivity index (χ0) is 10.8. The van der Waals surface area contributed by atoms with Gasteiger partial charge in [-0.15, -0.1) is 5.92 Å². The summed E-state index contributed by atoms with van der Waals surface area (Å²) in [6, 6.07) is 0. The van der Waals surface area contributed by atoms with Crippen LogP contribution in [-0.4, -0.2) is 18.9 Å². The molecule has 0 aliphatic carbocycles. The van der Waals surface area contributed by atoms with Gasteiger partial charge < -0.3 is 4.74 Å². The summed E-state index contributed by atoms with van der Waals surface area (Å²) in [7, 11) is 1.33. The molecule has 0 aromatic carbocycles. The Morgan fingerprint density at radius 1 is 1.29 bits per heavy atom. The zero-order valence-electron chi connectivity index (χ0n) is 8.35. The molecule has 0 aliphatic heterocycles. The smallest absolute Gasteiger partial charge is 0.306 e. The second kappa shape index (κ2) is 7.89. The number of methoxy groups -OCH3 is 1. The summed E-state index contributed by atoms with van der Waals surface area (Å²) < 4.78 is 4.42. The highest BCUT2D eigenvalue weighted by Gasteiger charge is 1.95. The molecular formula is C11H12O3. The molecule has 14 heavy (non-hydrogen) atoms. The van der Waals surface area contributed by atoms with Crippen molar-refractivity contribution in [3.05, 3.63) is 0 Å². The third-order valence-electron chi connectivity index (χ3n) is 1.32. The number of carbonyl (C=O) groups is 2. The Balaban J connectivity index is 3.67. The van der Waals surface area contributed by atoms with Crippen molar-refractivity contribution >= 4 is 11.8 Å². The highest BCUT2D eigenvalue weighted by atomic mass is 16.5. The van der Waals surface area contributed by atoms with E-state index in [1.807, 2.05) is 0 Å². The van der Waals surface area contributed by atoms with E-state index in [-0.39, 0.29) is 24.6 Å². The van der Waals surface area contributed by atoms with Crippen LogP contribution < -0.4 is 0 Å². The van der Waals surface area contributed by atoms with Crippen LogP contribution in [0.4, 0.5) is 0 Å². The Labute approximate surface area is 83.8 Å². The van der Waals surface area contributed by atoms with Crippen LogP contribution in [0.15, 0.2) is 0 Å². The number of esters is 1. The van der Waals surface area contributed by atoms with Crippen LogP contribution in [0.5, 0.6) is 0 Å². The van der Waals surface area contributed by atoms with Gasteiger partial charge in [0.05, 0.1) is 20.0 Å². The van der Waals surface area contributed by atoms with Gasteiger partial charge in [-0.1, -0.05) is 11.8 Å². The minimum absolute atomic E-state index is 0.127. The zero-order valence-corrected chi connectivity index (χ0v) is 8.35. The standard InChI is InChI=1S/C11H12O3/c1-3-7-10(12)8-5-4-6-9-11(13)14-2/h6,8-9H2,1-2H3. The van der Waals surface area contributed by atoms with Crippen molar-refractivity contribution < 1.29 is 14.3 Å². The minimum Gasteiger partial charge on any atom is -0.469 e. The topological polar surface area (TPSA) is 43.4 Å². The molecule has 0 saturated heterocycles. The molecule has 0 N–H and O–H groups in total. The average molecular weight is 192 g/mol. The first-order valence-corrected chi connectivity index (χ1v) is 4.18. The summed E-state index contributed by atoms with van der Waals surface area (Å²) in [6.07, 6.45) is 0.804. The van der Waals surface area contributed by atoms with Gasteiger partial charge in [-0.25, -0.2) is 0 Å². The van der Waals surface area contributed by atoms with Crippen LogP contribution in [0.1, 0.15) is 26.2 Å². The van der Waals surface area contributed by atoms with Gasteiger partial charge >= 0.3 is 5.97 Å². The number of ketones is 1. The molecule has 3 nitrogen and oxygen atoms in total. The van der Waals surface area contributed by atoms with E-state index in [9.17, 15) is 9.59 Å². The maximum Gasteiger partial charge on any atom is 0.306 e. The number of hydrogen-bond donors (Lipinski definition) is 0. The Bertz CT molecular complexity index is 320. The highest BCUT2D eigenvalue weighted by molar-refractivity contribution is 5.96. The van der Waals surface area contributed by atoms with E-state index in [1.54, 1.807) is 6.92 Å². The third-order valence-corrected chi connectivity index (χ3v) is 1.32. The Hall–Kier alpha value is -1.74. The fourth-order valence-corrected chi connectivity index (χ4v) is 0.681. The average Bonchev–Trinajstić information content (AvgIpc) is 2.17. The number of hydrogen-bond acceptors (Lipinski definition) is 3. The second-order valence-electron chi connectivity index (χ2n) is 2.40. The Kier molecular flexibility index (Phi) is 6.91. The molecule has 0 amide bonds. The predicted molar refractivity (Wildman–Crippen MR) is 52.1 cm³/mol. The van der Waals surface area contributed by atoms with Gasteiger partial charge in [-0.05, 0) is 12.8 Å². The van der Waals surface area contributed by atoms with Gasteiger partial charge in [0.1, 0.15) is 0 Å². The van der Waals surface area contributed by atoms with E-state index < -0.39 is 0 Å². The number of ether oxygens (including phenoxy) is 1. The summed E-state index contributed by atoms with van der Waals surface area (Å²) in [5.74, 6) is 9.72. The molecule has 0 heterocycles. The van der Waals surface area contributed by atoms with Gasteiger partial charge in [0, 0.05) is 6.42 Å². The fraction of sp³-hybridized carbons (Fsp3) is 0.455. The van der Waals surface area contributed by atoms with E-state index in [4.69, 9.17) is 0 Å². The van der Waals surface area contributed by atoms with Crippen molar-refractivity contribution in [1.82, 2.24) is 0 Å². The van der Waals surface area contributed by atoms with Crippen LogP contribution in [0.2, 0.25) is 0 Å². The van der Waals surface area contributed by atoms with E-state index >= 15 is 0 Å². The molecule has 0 radical (unpaired) electrons. The van der Waals surface area contributed by atoms with Crippen LogP contribution in [0, 0.1) is 23.7 Å². The number of carbonyl (C=O) groups excluding carboxylic acids is 2. The molecule has 0 aromatic heterocycles. The quantitative estimate of drug-likeness (QED) is 0.379. The maximum atomic E-state index is 10.8. The SMILES string of the molecule is CC#CC(=O)CC#CCCC(=O)OC. The van der Waals surface area contributed by atoms with Gasteiger partial charge in [0.25, 0.3) is 0 Å². The molecule has 0 fully saturated rings. The van der Waals surface area contributed by atoms with Gasteiger partial charge in [0.15, 0.2) is 0 Å². The van der Waals surface area contributed by atoms with Crippen LogP contribution in [-0.2, 0) is 14.3 Å². The van der Waals surface area contributed by atoms with E-state index in [1.165, 1.54) is 7.11 Å². The summed E-state index contributed by atoms with van der Waals surface area (Å²) >= 11 is 0. The van der Waals surface area contributed by atoms with Crippen molar-refractivity contribution in [2.45, 2.75) is 26.2 Å². The molecule has 0 saturated carbocycles. The molecule has 0 atom stereocenters. The molecule has 0 unspecified atom stereocenters. The first-order chi connectivity index (χ1) is 6.70. The van der Waals surface area contributed by atoms with Gasteiger partial charge in [-0.2, -0.15) is 0 Å².